The molecule has 0 saturated carbocycles. The number of nitrogens with one attached hydrogen (secondary N) is 1. The first-order valence-corrected chi connectivity index (χ1v) is 11.0. The van der Waals surface area contributed by atoms with Crippen molar-refractivity contribution in [2.24, 2.45) is 5.92 Å². The Morgan fingerprint density at radius 1 is 1.06 bits per heavy atom. The van der Waals surface area contributed by atoms with E-state index in [4.69, 9.17) is 5.10 Å². The highest BCUT2D eigenvalue weighted by molar-refractivity contribution is 5.78. The molecule has 0 aliphatic rings. The lowest BCUT2D eigenvalue weighted by atomic mass is 10.1. The lowest BCUT2D eigenvalue weighted by Gasteiger charge is -2.13. The second-order valence-electron chi connectivity index (χ2n) is 8.23. The highest BCUT2D eigenvalue weighted by Crippen LogP contribution is 2.24. The number of nitrogens with zero attached hydrogens (tertiary/aromatic N) is 5. The van der Waals surface area contributed by atoms with Crippen molar-refractivity contribution < 1.29 is 9.72 Å². The Labute approximate surface area is 197 Å². The summed E-state index contributed by atoms with van der Waals surface area (Å²) >= 11 is 0. The highest BCUT2D eigenvalue weighted by atomic mass is 16.6. The normalized spacial score (nSPS) is 11.9. The van der Waals surface area contributed by atoms with Gasteiger partial charge in [-0.25, -0.2) is 4.68 Å². The van der Waals surface area contributed by atoms with Crippen LogP contribution in [0.1, 0.15) is 23.9 Å². The number of aromatic nitrogens is 4. The van der Waals surface area contributed by atoms with Gasteiger partial charge in [-0.2, -0.15) is 10.2 Å². The molecule has 9 heteroatoms. The maximum absolute atomic E-state index is 12.9. The van der Waals surface area contributed by atoms with Crippen molar-refractivity contribution in [1.82, 2.24) is 24.9 Å². The van der Waals surface area contributed by atoms with Crippen LogP contribution in [0.3, 0.4) is 0 Å². The Hall–Kier alpha value is -4.27. The van der Waals surface area contributed by atoms with E-state index in [2.05, 4.69) is 10.4 Å². The van der Waals surface area contributed by atoms with Crippen LogP contribution in [0.2, 0.25) is 0 Å². The Balaban J connectivity index is 1.51. The van der Waals surface area contributed by atoms with Crippen LogP contribution in [0.25, 0.3) is 16.9 Å². The smallest absolute Gasteiger partial charge is 0.312 e. The van der Waals surface area contributed by atoms with Gasteiger partial charge in [0.05, 0.1) is 28.8 Å². The minimum atomic E-state index is -0.436. The Morgan fingerprint density at radius 2 is 1.71 bits per heavy atom. The van der Waals surface area contributed by atoms with Crippen molar-refractivity contribution in [3.63, 3.8) is 0 Å². The Bertz CT molecular complexity index is 1310. The summed E-state index contributed by atoms with van der Waals surface area (Å²) < 4.78 is 3.34. The average molecular weight is 459 g/mol. The third-order valence-electron chi connectivity index (χ3n) is 5.73. The minimum Gasteiger partial charge on any atom is -0.352 e. The molecule has 0 saturated heterocycles. The monoisotopic (exact) mass is 458 g/mol. The van der Waals surface area contributed by atoms with Gasteiger partial charge < -0.3 is 5.32 Å². The molecule has 0 aliphatic heterocycles. The fourth-order valence-corrected chi connectivity index (χ4v) is 3.92. The van der Waals surface area contributed by atoms with Crippen LogP contribution in [0, 0.1) is 29.9 Å². The van der Waals surface area contributed by atoms with Gasteiger partial charge in [-0.05, 0) is 26.0 Å². The topological polar surface area (TPSA) is 108 Å². The SMILES string of the molecule is Cc1nn(CC(C)C(=O)NCc2cn(-c3ccccc3)nc2-c2ccccc2)c(C)c1[N+](=O)[O-]. The zero-order valence-corrected chi connectivity index (χ0v) is 19.3. The number of carbonyl (C=O) groups is 1. The number of rotatable bonds is 8. The van der Waals surface area contributed by atoms with E-state index in [1.165, 1.54) is 4.68 Å². The standard InChI is InChI=1S/C25H26N6O3/c1-17(15-29-19(3)24(31(33)34)18(2)27-29)25(32)26-14-21-16-30(22-12-8-5-9-13-22)28-23(21)20-10-6-4-7-11-20/h4-13,16-17H,14-15H2,1-3H3,(H,26,32). The zero-order valence-electron chi connectivity index (χ0n) is 19.3. The molecule has 0 fully saturated rings. The molecule has 4 aromatic rings. The Kier molecular flexibility index (Phi) is 6.53. The van der Waals surface area contributed by atoms with Crippen LogP contribution in [0.5, 0.6) is 0 Å². The van der Waals surface area contributed by atoms with Crippen molar-refractivity contribution in [3.8, 4) is 16.9 Å². The van der Waals surface area contributed by atoms with E-state index in [9.17, 15) is 14.9 Å². The largest absolute Gasteiger partial charge is 0.352 e. The molecule has 2 heterocycles. The summed E-state index contributed by atoms with van der Waals surface area (Å²) in [6.07, 6.45) is 1.92. The number of carbonyl (C=O) groups excluding carboxylic acids is 1. The van der Waals surface area contributed by atoms with E-state index in [1.54, 1.807) is 20.8 Å². The second kappa shape index (κ2) is 9.70. The zero-order chi connectivity index (χ0) is 24.2. The van der Waals surface area contributed by atoms with Gasteiger partial charge in [-0.15, -0.1) is 0 Å². The molecule has 1 unspecified atom stereocenters. The van der Waals surface area contributed by atoms with E-state index in [0.717, 1.165) is 22.5 Å². The minimum absolute atomic E-state index is 0.00608. The van der Waals surface area contributed by atoms with Crippen molar-refractivity contribution in [2.75, 3.05) is 0 Å². The molecule has 34 heavy (non-hydrogen) atoms. The number of nitro groups is 1. The van der Waals surface area contributed by atoms with Crippen molar-refractivity contribution >= 4 is 11.6 Å². The third-order valence-corrected chi connectivity index (χ3v) is 5.73. The molecule has 9 nitrogen and oxygen atoms in total. The summed E-state index contributed by atoms with van der Waals surface area (Å²) in [4.78, 5) is 23.7. The molecule has 0 spiro atoms. The van der Waals surface area contributed by atoms with Crippen LogP contribution in [-0.2, 0) is 17.9 Å². The average Bonchev–Trinajstić information content (AvgIpc) is 3.39. The molecule has 1 N–H and O–H groups in total. The molecule has 2 aromatic carbocycles. The molecule has 0 bridgehead atoms. The van der Waals surface area contributed by atoms with E-state index in [-0.39, 0.29) is 18.1 Å². The van der Waals surface area contributed by atoms with Gasteiger partial charge in [-0.3, -0.25) is 19.6 Å². The lowest BCUT2D eigenvalue weighted by molar-refractivity contribution is -0.386. The van der Waals surface area contributed by atoms with Crippen molar-refractivity contribution in [2.45, 2.75) is 33.9 Å². The van der Waals surface area contributed by atoms with Gasteiger partial charge >= 0.3 is 5.69 Å². The summed E-state index contributed by atoms with van der Waals surface area (Å²) in [6, 6.07) is 19.6. The number of hydrogen-bond donors (Lipinski definition) is 1. The fraction of sp³-hybridized carbons (Fsp3) is 0.240. The van der Waals surface area contributed by atoms with Crippen LogP contribution in [0.4, 0.5) is 5.69 Å². The van der Waals surface area contributed by atoms with Crippen LogP contribution in [-0.4, -0.2) is 30.4 Å². The van der Waals surface area contributed by atoms with E-state index in [0.29, 0.717) is 17.9 Å². The van der Waals surface area contributed by atoms with Gasteiger partial charge in [0.1, 0.15) is 11.4 Å². The van der Waals surface area contributed by atoms with Gasteiger partial charge in [0.25, 0.3) is 0 Å². The number of benzene rings is 2. The second-order valence-corrected chi connectivity index (χ2v) is 8.23. The van der Waals surface area contributed by atoms with Crippen molar-refractivity contribution in [3.05, 3.63) is 93.9 Å². The molecule has 0 aliphatic carbocycles. The predicted molar refractivity (Wildman–Crippen MR) is 128 cm³/mol. The van der Waals surface area contributed by atoms with Crippen molar-refractivity contribution in [1.29, 1.82) is 0 Å². The first kappa shape index (κ1) is 22.9. The molecular formula is C25H26N6O3. The molecule has 0 radical (unpaired) electrons. The summed E-state index contributed by atoms with van der Waals surface area (Å²) in [5.74, 6) is -0.594. The maximum atomic E-state index is 12.9. The first-order valence-electron chi connectivity index (χ1n) is 11.0. The molecule has 4 rings (SSSR count). The van der Waals surface area contributed by atoms with E-state index < -0.39 is 10.8 Å². The first-order chi connectivity index (χ1) is 16.3. The van der Waals surface area contributed by atoms with Gasteiger partial charge in [0.2, 0.25) is 5.91 Å². The summed E-state index contributed by atoms with van der Waals surface area (Å²) in [5, 5.41) is 23.3. The number of hydrogen-bond acceptors (Lipinski definition) is 5. The molecular weight excluding hydrogens is 432 g/mol. The maximum Gasteiger partial charge on any atom is 0.312 e. The quantitative estimate of drug-likeness (QED) is 0.314. The molecule has 174 valence electrons. The fourth-order valence-electron chi connectivity index (χ4n) is 3.92. The Morgan fingerprint density at radius 3 is 2.32 bits per heavy atom. The van der Waals surface area contributed by atoms with Crippen LogP contribution < -0.4 is 5.32 Å². The van der Waals surface area contributed by atoms with Crippen LogP contribution >= 0.6 is 0 Å². The van der Waals surface area contributed by atoms with Crippen LogP contribution in [0.15, 0.2) is 66.9 Å². The lowest BCUT2D eigenvalue weighted by Crippen LogP contribution is -2.31. The highest BCUT2D eigenvalue weighted by Gasteiger charge is 2.24. The van der Waals surface area contributed by atoms with E-state index >= 15 is 0 Å². The van der Waals surface area contributed by atoms with E-state index in [1.807, 2.05) is 71.5 Å². The van der Waals surface area contributed by atoms with Gasteiger partial charge in [0, 0.05) is 23.9 Å². The predicted octanol–water partition coefficient (Wildman–Crippen LogP) is 4.21. The molecule has 1 atom stereocenters. The van der Waals surface area contributed by atoms with Gasteiger partial charge in [0.15, 0.2) is 0 Å². The molecule has 2 aromatic heterocycles. The third kappa shape index (κ3) is 4.73. The number of aryl methyl sites for hydroxylation is 1. The summed E-state index contributed by atoms with van der Waals surface area (Å²) in [6.45, 7) is 5.58. The number of amides is 1. The summed E-state index contributed by atoms with van der Waals surface area (Å²) in [5.41, 5.74) is 4.35. The number of para-hydroxylation sites is 1. The van der Waals surface area contributed by atoms with Gasteiger partial charge in [-0.1, -0.05) is 55.5 Å². The molecule has 1 amide bonds. The summed E-state index contributed by atoms with van der Waals surface area (Å²) in [7, 11) is 0.